The number of hydrogen-bond acceptors (Lipinski definition) is 4. The average molecular weight is 270 g/mol. The Labute approximate surface area is 120 Å². The number of hydrogen-bond donors (Lipinski definition) is 1. The van der Waals surface area contributed by atoms with Gasteiger partial charge in [-0.05, 0) is 38.3 Å². The zero-order valence-corrected chi connectivity index (χ0v) is 12.7. The second-order valence-electron chi connectivity index (χ2n) is 4.92. The Hall–Kier alpha value is -1.97. The third-order valence-corrected chi connectivity index (χ3v) is 3.46. The number of aromatic nitrogens is 3. The first kappa shape index (κ1) is 14.4. The number of anilines is 1. The van der Waals surface area contributed by atoms with Gasteiger partial charge in [0.05, 0.1) is 0 Å². The van der Waals surface area contributed by atoms with Crippen LogP contribution in [0, 0.1) is 13.8 Å². The maximum Gasteiger partial charge on any atom is 0.162 e. The molecule has 0 aliphatic rings. The van der Waals surface area contributed by atoms with E-state index in [9.17, 15) is 0 Å². The summed E-state index contributed by atoms with van der Waals surface area (Å²) in [6.07, 6.45) is 5.70. The lowest BCUT2D eigenvalue weighted by Gasteiger charge is -2.13. The van der Waals surface area contributed by atoms with E-state index < -0.39 is 0 Å². The predicted molar refractivity (Wildman–Crippen MR) is 82.9 cm³/mol. The largest absolute Gasteiger partial charge is 0.370 e. The van der Waals surface area contributed by atoms with Crippen LogP contribution >= 0.6 is 0 Å². The maximum atomic E-state index is 4.70. The molecule has 0 unspecified atom stereocenters. The first-order valence-electron chi connectivity index (χ1n) is 7.19. The molecule has 0 atom stereocenters. The molecule has 0 aliphatic carbocycles. The van der Waals surface area contributed by atoms with E-state index in [0.717, 1.165) is 47.8 Å². The van der Waals surface area contributed by atoms with E-state index in [4.69, 9.17) is 4.98 Å². The van der Waals surface area contributed by atoms with Crippen LogP contribution in [0.3, 0.4) is 0 Å². The van der Waals surface area contributed by atoms with Crippen LogP contribution < -0.4 is 5.32 Å². The molecule has 0 amide bonds. The molecule has 0 radical (unpaired) electrons. The van der Waals surface area contributed by atoms with Crippen molar-refractivity contribution < 1.29 is 0 Å². The van der Waals surface area contributed by atoms with E-state index in [-0.39, 0.29) is 0 Å². The van der Waals surface area contributed by atoms with Crippen LogP contribution in [0.25, 0.3) is 11.4 Å². The van der Waals surface area contributed by atoms with Crippen molar-refractivity contribution in [1.29, 1.82) is 0 Å². The van der Waals surface area contributed by atoms with E-state index in [1.54, 1.807) is 6.20 Å². The van der Waals surface area contributed by atoms with Crippen LogP contribution in [-0.4, -0.2) is 21.5 Å². The summed E-state index contributed by atoms with van der Waals surface area (Å²) >= 11 is 0. The topological polar surface area (TPSA) is 50.7 Å². The second-order valence-corrected chi connectivity index (χ2v) is 4.92. The van der Waals surface area contributed by atoms with Crippen molar-refractivity contribution in [3.63, 3.8) is 0 Å². The maximum absolute atomic E-state index is 4.70. The molecule has 2 aromatic rings. The van der Waals surface area contributed by atoms with Crippen molar-refractivity contribution in [1.82, 2.24) is 15.0 Å². The summed E-state index contributed by atoms with van der Waals surface area (Å²) in [5.74, 6) is 1.72. The van der Waals surface area contributed by atoms with E-state index in [2.05, 4.69) is 36.1 Å². The molecule has 0 bridgehead atoms. The molecular formula is C16H22N4. The number of aryl methyl sites for hydroxylation is 2. The van der Waals surface area contributed by atoms with Crippen molar-refractivity contribution in [3.05, 3.63) is 35.3 Å². The first-order valence-corrected chi connectivity index (χ1v) is 7.19. The first-order chi connectivity index (χ1) is 9.67. The Morgan fingerprint density at radius 2 is 1.95 bits per heavy atom. The number of rotatable bonds is 5. The average Bonchev–Trinajstić information content (AvgIpc) is 2.48. The van der Waals surface area contributed by atoms with Crippen LogP contribution in [0.2, 0.25) is 0 Å². The SMILES string of the molecule is CCCNc1nc(-c2ccncc2CC)nc(C)c1C. The van der Waals surface area contributed by atoms with Gasteiger partial charge < -0.3 is 5.32 Å². The molecule has 0 aromatic carbocycles. The lowest BCUT2D eigenvalue weighted by atomic mass is 10.1. The lowest BCUT2D eigenvalue weighted by Crippen LogP contribution is -2.08. The summed E-state index contributed by atoms with van der Waals surface area (Å²) in [4.78, 5) is 13.5. The van der Waals surface area contributed by atoms with E-state index in [0.29, 0.717) is 0 Å². The van der Waals surface area contributed by atoms with Crippen molar-refractivity contribution >= 4 is 5.82 Å². The minimum atomic E-state index is 0.783. The number of pyridine rings is 1. The van der Waals surface area contributed by atoms with Gasteiger partial charge in [0.2, 0.25) is 0 Å². The van der Waals surface area contributed by atoms with Crippen molar-refractivity contribution in [2.24, 2.45) is 0 Å². The Bertz CT molecular complexity index is 593. The minimum Gasteiger partial charge on any atom is -0.370 e. The van der Waals surface area contributed by atoms with Gasteiger partial charge in [-0.3, -0.25) is 4.98 Å². The fourth-order valence-electron chi connectivity index (χ4n) is 2.09. The predicted octanol–water partition coefficient (Wildman–Crippen LogP) is 3.54. The van der Waals surface area contributed by atoms with Crippen molar-refractivity contribution in [2.45, 2.75) is 40.5 Å². The summed E-state index contributed by atoms with van der Waals surface area (Å²) in [6, 6.07) is 1.99. The van der Waals surface area contributed by atoms with Crippen molar-refractivity contribution in [2.75, 3.05) is 11.9 Å². The Balaban J connectivity index is 2.49. The number of nitrogens with one attached hydrogen (secondary N) is 1. The van der Waals surface area contributed by atoms with Gasteiger partial charge in [0.1, 0.15) is 5.82 Å². The Kier molecular flexibility index (Phi) is 4.66. The van der Waals surface area contributed by atoms with Crippen LogP contribution in [0.4, 0.5) is 5.82 Å². The Morgan fingerprint density at radius 1 is 1.15 bits per heavy atom. The van der Waals surface area contributed by atoms with Gasteiger partial charge in [-0.2, -0.15) is 0 Å². The zero-order chi connectivity index (χ0) is 14.5. The van der Waals surface area contributed by atoms with Gasteiger partial charge >= 0.3 is 0 Å². The molecule has 0 saturated carbocycles. The zero-order valence-electron chi connectivity index (χ0n) is 12.7. The van der Waals surface area contributed by atoms with Gasteiger partial charge in [-0.15, -0.1) is 0 Å². The highest BCUT2D eigenvalue weighted by Gasteiger charge is 2.11. The van der Waals surface area contributed by atoms with E-state index in [1.165, 1.54) is 5.56 Å². The van der Waals surface area contributed by atoms with Gasteiger partial charge in [0.25, 0.3) is 0 Å². The highest BCUT2D eigenvalue weighted by atomic mass is 15.0. The van der Waals surface area contributed by atoms with Gasteiger partial charge in [0, 0.05) is 35.8 Å². The van der Waals surface area contributed by atoms with Gasteiger partial charge in [-0.25, -0.2) is 9.97 Å². The summed E-state index contributed by atoms with van der Waals surface area (Å²) in [5, 5.41) is 3.38. The highest BCUT2D eigenvalue weighted by molar-refractivity contribution is 5.62. The smallest absolute Gasteiger partial charge is 0.162 e. The van der Waals surface area contributed by atoms with Crippen LogP contribution in [0.5, 0.6) is 0 Å². The quantitative estimate of drug-likeness (QED) is 0.903. The molecule has 0 spiro atoms. The molecule has 0 saturated heterocycles. The molecule has 0 aliphatic heterocycles. The Morgan fingerprint density at radius 3 is 2.65 bits per heavy atom. The highest BCUT2D eigenvalue weighted by Crippen LogP contribution is 2.24. The third kappa shape index (κ3) is 2.95. The summed E-state index contributed by atoms with van der Waals surface area (Å²) in [5.41, 5.74) is 4.39. The van der Waals surface area contributed by atoms with Gasteiger partial charge in [0.15, 0.2) is 5.82 Å². The second kappa shape index (κ2) is 6.46. The molecule has 106 valence electrons. The lowest BCUT2D eigenvalue weighted by molar-refractivity contribution is 0.953. The molecular weight excluding hydrogens is 248 g/mol. The fraction of sp³-hybridized carbons (Fsp3) is 0.438. The van der Waals surface area contributed by atoms with Crippen molar-refractivity contribution in [3.8, 4) is 11.4 Å². The molecule has 4 heteroatoms. The molecule has 4 nitrogen and oxygen atoms in total. The summed E-state index contributed by atoms with van der Waals surface area (Å²) in [7, 11) is 0. The summed E-state index contributed by atoms with van der Waals surface area (Å²) < 4.78 is 0. The normalized spacial score (nSPS) is 10.6. The minimum absolute atomic E-state index is 0.783. The van der Waals surface area contributed by atoms with Gasteiger partial charge in [-0.1, -0.05) is 13.8 Å². The van der Waals surface area contributed by atoms with E-state index >= 15 is 0 Å². The number of nitrogens with zero attached hydrogens (tertiary/aromatic N) is 3. The molecule has 2 heterocycles. The standard InChI is InChI=1S/C16H22N4/c1-5-8-18-15-11(3)12(4)19-16(20-15)14-7-9-17-10-13(14)6-2/h7,9-10H,5-6,8H2,1-4H3,(H,18,19,20). The third-order valence-electron chi connectivity index (χ3n) is 3.46. The van der Waals surface area contributed by atoms with E-state index in [1.807, 2.05) is 19.2 Å². The molecule has 0 fully saturated rings. The van der Waals surface area contributed by atoms with Crippen LogP contribution in [-0.2, 0) is 6.42 Å². The monoisotopic (exact) mass is 270 g/mol. The molecule has 1 N–H and O–H groups in total. The van der Waals surface area contributed by atoms with Crippen LogP contribution in [0.15, 0.2) is 18.5 Å². The fourth-order valence-corrected chi connectivity index (χ4v) is 2.09. The molecule has 20 heavy (non-hydrogen) atoms. The van der Waals surface area contributed by atoms with Crippen LogP contribution in [0.1, 0.15) is 37.1 Å². The summed E-state index contributed by atoms with van der Waals surface area (Å²) in [6.45, 7) is 9.29. The molecule has 2 rings (SSSR count). The molecule has 2 aromatic heterocycles.